The van der Waals surface area contributed by atoms with Crippen molar-refractivity contribution in [3.8, 4) is 5.75 Å². The van der Waals surface area contributed by atoms with Gasteiger partial charge in [0.15, 0.2) is 5.96 Å². The largest absolute Gasteiger partial charge is 0.489 e. The predicted octanol–water partition coefficient (Wildman–Crippen LogP) is 2.65. The van der Waals surface area contributed by atoms with Gasteiger partial charge < -0.3 is 20.7 Å². The number of nitrogens with one attached hydrogen (secondary N) is 3. The molecule has 0 saturated heterocycles. The first-order valence-corrected chi connectivity index (χ1v) is 9.11. The number of anilines is 1. The van der Waals surface area contributed by atoms with Crippen LogP contribution < -0.4 is 20.7 Å². The second-order valence-corrected chi connectivity index (χ2v) is 6.08. The summed E-state index contributed by atoms with van der Waals surface area (Å²) in [5.41, 5.74) is 2.06. The third kappa shape index (κ3) is 7.11. The maximum Gasteiger partial charge on any atom is 0.227 e. The van der Waals surface area contributed by atoms with Gasteiger partial charge in [0, 0.05) is 38.3 Å². The Bertz CT molecular complexity index is 803. The fourth-order valence-corrected chi connectivity index (χ4v) is 2.38. The lowest BCUT2D eigenvalue weighted by atomic mass is 10.2. The zero-order chi connectivity index (χ0) is 20.2. The summed E-state index contributed by atoms with van der Waals surface area (Å²) in [6.07, 6.45) is 3.73. The van der Waals surface area contributed by atoms with Gasteiger partial charge in [-0.1, -0.05) is 36.9 Å². The van der Waals surface area contributed by atoms with Crippen molar-refractivity contribution in [2.75, 3.05) is 25.5 Å². The Morgan fingerprint density at radius 3 is 2.79 bits per heavy atom. The second kappa shape index (κ2) is 11.4. The van der Waals surface area contributed by atoms with E-state index in [4.69, 9.17) is 4.74 Å². The number of hydrogen-bond acceptors (Lipinski definition) is 4. The lowest BCUT2D eigenvalue weighted by Crippen LogP contribution is -2.38. The van der Waals surface area contributed by atoms with Crippen molar-refractivity contribution in [2.24, 2.45) is 4.99 Å². The Kier molecular flexibility index (Phi) is 8.52. The van der Waals surface area contributed by atoms with Crippen molar-refractivity contribution in [1.29, 1.82) is 0 Å². The molecule has 0 aliphatic carbocycles. The van der Waals surface area contributed by atoms with E-state index in [0.717, 1.165) is 16.9 Å². The van der Waals surface area contributed by atoms with Gasteiger partial charge in [-0.25, -0.2) is 4.98 Å². The van der Waals surface area contributed by atoms with Gasteiger partial charge >= 0.3 is 0 Å². The number of para-hydroxylation sites is 1. The minimum atomic E-state index is -0.109. The molecule has 0 spiro atoms. The van der Waals surface area contributed by atoms with Crippen molar-refractivity contribution in [3.05, 3.63) is 66.4 Å². The third-order valence-corrected chi connectivity index (χ3v) is 3.82. The SMILES string of the molecule is C=CCOc1ccccc1CNC(=NC)NCCC(=O)Nc1ccc(C)cn1. The van der Waals surface area contributed by atoms with E-state index in [1.165, 1.54) is 0 Å². The first kappa shape index (κ1) is 21.0. The van der Waals surface area contributed by atoms with Crippen LogP contribution in [-0.2, 0) is 11.3 Å². The van der Waals surface area contributed by atoms with Gasteiger partial charge in [-0.2, -0.15) is 0 Å². The van der Waals surface area contributed by atoms with Crippen molar-refractivity contribution in [3.63, 3.8) is 0 Å². The molecule has 1 amide bonds. The average Bonchev–Trinajstić information content (AvgIpc) is 2.71. The fraction of sp³-hybridized carbons (Fsp3) is 0.286. The van der Waals surface area contributed by atoms with E-state index in [-0.39, 0.29) is 5.91 Å². The van der Waals surface area contributed by atoms with Gasteiger partial charge in [0.25, 0.3) is 0 Å². The molecule has 148 valence electrons. The van der Waals surface area contributed by atoms with Gasteiger partial charge in [-0.3, -0.25) is 9.79 Å². The molecule has 2 rings (SSSR count). The van der Waals surface area contributed by atoms with E-state index in [1.54, 1.807) is 25.4 Å². The molecule has 0 fully saturated rings. The van der Waals surface area contributed by atoms with Crippen LogP contribution in [-0.4, -0.2) is 37.1 Å². The Hall–Kier alpha value is -3.35. The number of nitrogens with zero attached hydrogens (tertiary/aromatic N) is 2. The number of hydrogen-bond donors (Lipinski definition) is 3. The van der Waals surface area contributed by atoms with Crippen molar-refractivity contribution >= 4 is 17.7 Å². The van der Waals surface area contributed by atoms with Gasteiger partial charge in [0.05, 0.1) is 0 Å². The molecule has 7 nitrogen and oxygen atoms in total. The fourth-order valence-electron chi connectivity index (χ4n) is 2.38. The molecule has 7 heteroatoms. The summed E-state index contributed by atoms with van der Waals surface area (Å²) in [6.45, 7) is 7.07. The standard InChI is InChI=1S/C21H27N5O2/c1-4-13-28-18-8-6-5-7-17(18)15-25-21(22-3)23-12-11-20(27)26-19-10-9-16(2)14-24-19/h4-10,14H,1,11-13,15H2,2-3H3,(H2,22,23,25)(H,24,26,27). The van der Waals surface area contributed by atoms with Gasteiger partial charge in [-0.15, -0.1) is 0 Å². The van der Waals surface area contributed by atoms with Crippen LogP contribution >= 0.6 is 0 Å². The molecule has 2 aromatic rings. The smallest absolute Gasteiger partial charge is 0.227 e. The van der Waals surface area contributed by atoms with Crippen LogP contribution in [0.15, 0.2) is 60.2 Å². The van der Waals surface area contributed by atoms with Crippen LogP contribution in [0.1, 0.15) is 17.5 Å². The highest BCUT2D eigenvalue weighted by atomic mass is 16.5. The molecule has 1 heterocycles. The number of benzene rings is 1. The molecule has 0 saturated carbocycles. The number of rotatable bonds is 9. The predicted molar refractivity (Wildman–Crippen MR) is 113 cm³/mol. The highest BCUT2D eigenvalue weighted by Gasteiger charge is 2.06. The molecular formula is C21H27N5O2. The van der Waals surface area contributed by atoms with E-state index < -0.39 is 0 Å². The Balaban J connectivity index is 1.76. The molecule has 0 aliphatic heterocycles. The molecular weight excluding hydrogens is 354 g/mol. The maximum atomic E-state index is 12.0. The van der Waals surface area contributed by atoms with Crippen LogP contribution in [0, 0.1) is 6.92 Å². The molecule has 0 aliphatic rings. The Morgan fingerprint density at radius 2 is 2.07 bits per heavy atom. The third-order valence-electron chi connectivity index (χ3n) is 3.82. The highest BCUT2D eigenvalue weighted by molar-refractivity contribution is 5.90. The molecule has 0 unspecified atom stereocenters. The number of guanidine groups is 1. The first-order chi connectivity index (χ1) is 13.6. The van der Waals surface area contributed by atoms with Gasteiger partial charge in [0.1, 0.15) is 18.2 Å². The minimum Gasteiger partial charge on any atom is -0.489 e. The van der Waals surface area contributed by atoms with Crippen LogP contribution in [0.4, 0.5) is 5.82 Å². The summed E-state index contributed by atoms with van der Waals surface area (Å²) in [5, 5.41) is 9.12. The monoisotopic (exact) mass is 381 g/mol. The maximum absolute atomic E-state index is 12.0. The summed E-state index contributed by atoms with van der Waals surface area (Å²) in [7, 11) is 1.69. The van der Waals surface area contributed by atoms with Crippen LogP contribution in [0.2, 0.25) is 0 Å². The van der Waals surface area contributed by atoms with Crippen molar-refractivity contribution < 1.29 is 9.53 Å². The number of carbonyl (C=O) groups excluding carboxylic acids is 1. The molecule has 0 atom stereocenters. The molecule has 1 aromatic heterocycles. The number of aromatic nitrogens is 1. The van der Waals surface area contributed by atoms with Crippen LogP contribution in [0.3, 0.4) is 0 Å². The summed E-state index contributed by atoms with van der Waals surface area (Å²) in [4.78, 5) is 20.4. The van der Waals surface area contributed by atoms with E-state index in [1.807, 2.05) is 37.3 Å². The van der Waals surface area contributed by atoms with E-state index in [2.05, 4.69) is 32.5 Å². The number of pyridine rings is 1. The quantitative estimate of drug-likeness (QED) is 0.353. The lowest BCUT2D eigenvalue weighted by molar-refractivity contribution is -0.116. The molecule has 28 heavy (non-hydrogen) atoms. The highest BCUT2D eigenvalue weighted by Crippen LogP contribution is 2.17. The Morgan fingerprint density at radius 1 is 1.25 bits per heavy atom. The van der Waals surface area contributed by atoms with Gasteiger partial charge in [0.2, 0.25) is 5.91 Å². The normalized spacial score (nSPS) is 10.9. The molecule has 3 N–H and O–H groups in total. The number of amides is 1. The summed E-state index contributed by atoms with van der Waals surface area (Å²) < 4.78 is 5.65. The molecule has 0 radical (unpaired) electrons. The van der Waals surface area contributed by atoms with E-state index in [0.29, 0.717) is 37.9 Å². The number of carbonyl (C=O) groups is 1. The zero-order valence-electron chi connectivity index (χ0n) is 16.4. The topological polar surface area (TPSA) is 87.6 Å². The van der Waals surface area contributed by atoms with Crippen molar-refractivity contribution in [2.45, 2.75) is 19.9 Å². The molecule has 1 aromatic carbocycles. The van der Waals surface area contributed by atoms with Gasteiger partial charge in [-0.05, 0) is 24.6 Å². The van der Waals surface area contributed by atoms with Crippen molar-refractivity contribution in [1.82, 2.24) is 15.6 Å². The summed E-state index contributed by atoms with van der Waals surface area (Å²) in [6, 6.07) is 11.5. The van der Waals surface area contributed by atoms with E-state index in [9.17, 15) is 4.79 Å². The zero-order valence-corrected chi connectivity index (χ0v) is 16.4. The number of aryl methyl sites for hydroxylation is 1. The molecule has 0 bridgehead atoms. The lowest BCUT2D eigenvalue weighted by Gasteiger charge is -2.14. The Labute approximate surface area is 165 Å². The van der Waals surface area contributed by atoms with E-state index >= 15 is 0 Å². The second-order valence-electron chi connectivity index (χ2n) is 6.08. The van der Waals surface area contributed by atoms with Crippen LogP contribution in [0.25, 0.3) is 0 Å². The minimum absolute atomic E-state index is 0.109. The summed E-state index contributed by atoms with van der Waals surface area (Å²) in [5.74, 6) is 1.85. The number of ether oxygens (including phenoxy) is 1. The number of aliphatic imine (C=N–C) groups is 1. The van der Waals surface area contributed by atoms with Crippen LogP contribution in [0.5, 0.6) is 5.75 Å². The summed E-state index contributed by atoms with van der Waals surface area (Å²) >= 11 is 0. The average molecular weight is 381 g/mol. The first-order valence-electron chi connectivity index (χ1n) is 9.11.